The second kappa shape index (κ2) is 9.32. The van der Waals surface area contributed by atoms with Crippen molar-refractivity contribution in [2.45, 2.75) is 61.3 Å². The minimum absolute atomic E-state index is 2.15. The summed E-state index contributed by atoms with van der Waals surface area (Å²) in [6.45, 7) is -2.81. The van der Waals surface area contributed by atoms with Gasteiger partial charge in [-0.05, 0) is 0 Å². The van der Waals surface area contributed by atoms with Crippen LogP contribution in [0.5, 0.6) is 0 Å². The van der Waals surface area contributed by atoms with E-state index >= 15 is 0 Å². The van der Waals surface area contributed by atoms with Gasteiger partial charge in [0.2, 0.25) is 0 Å². The fourth-order valence-electron chi connectivity index (χ4n) is 1.30. The summed E-state index contributed by atoms with van der Waals surface area (Å²) in [5.41, 5.74) is 0. The zero-order valence-electron chi connectivity index (χ0n) is 14.4. The fraction of sp³-hybridized carbons (Fsp3) is 1.00. The van der Waals surface area contributed by atoms with Gasteiger partial charge in [-0.25, -0.2) is 4.39 Å². The molecule has 0 radical (unpaired) electrons. The molecule has 0 amide bonds. The number of rotatable bonds is 10. The summed E-state index contributed by atoms with van der Waals surface area (Å²) >= 11 is 0. The van der Waals surface area contributed by atoms with Crippen molar-refractivity contribution in [2.75, 3.05) is 6.61 Å². The van der Waals surface area contributed by atoms with E-state index in [-0.39, 0.29) is 0 Å². The molecule has 0 heterocycles. The van der Waals surface area contributed by atoms with Crippen molar-refractivity contribution in [2.24, 2.45) is 0 Å². The molecule has 2 unspecified atom stereocenters. The first-order valence-electron chi connectivity index (χ1n) is 7.12. The van der Waals surface area contributed by atoms with Crippen molar-refractivity contribution in [3.05, 3.63) is 0 Å². The van der Waals surface area contributed by atoms with Crippen LogP contribution in [-0.2, 0) is 14.2 Å². The molecule has 3 atom stereocenters. The maximum absolute atomic E-state index is 13.5. The predicted molar refractivity (Wildman–Crippen MR) is 60.8 cm³/mol. The topological polar surface area (TPSA) is 47.9 Å². The zero-order chi connectivity index (χ0) is 27.1. The number of hydrogen-bond acceptors (Lipinski definition) is 4. The van der Waals surface area contributed by atoms with Crippen LogP contribution < -0.4 is 0 Å². The van der Waals surface area contributed by atoms with E-state index in [4.69, 9.17) is 5.11 Å². The van der Waals surface area contributed by atoms with Crippen LogP contribution in [0.3, 0.4) is 0 Å². The van der Waals surface area contributed by atoms with Gasteiger partial charge in [0.1, 0.15) is 0 Å². The maximum Gasteiger partial charge on any atom is 0.460 e. The predicted octanol–water partition coefficient (Wildman–Crippen LogP) is 5.16. The van der Waals surface area contributed by atoms with Crippen molar-refractivity contribution >= 4 is 0 Å². The Hall–Kier alpha value is -1.42. The molecule has 4 nitrogen and oxygen atoms in total. The van der Waals surface area contributed by atoms with Crippen LogP contribution in [0.4, 0.5) is 79.0 Å². The van der Waals surface area contributed by atoms with Gasteiger partial charge in [-0.3, -0.25) is 9.47 Å². The lowest BCUT2D eigenvalue weighted by Gasteiger charge is -2.36. The lowest BCUT2D eigenvalue weighted by molar-refractivity contribution is -0.496. The van der Waals surface area contributed by atoms with Crippen LogP contribution >= 0.6 is 0 Å². The third kappa shape index (κ3) is 7.28. The van der Waals surface area contributed by atoms with Crippen molar-refractivity contribution < 1.29 is 98.3 Å². The Morgan fingerprint density at radius 2 is 1.03 bits per heavy atom. The third-order valence-electron chi connectivity index (χ3n) is 2.95. The quantitative estimate of drug-likeness (QED) is 0.305. The second-order valence-corrected chi connectivity index (χ2v) is 5.54. The van der Waals surface area contributed by atoms with Crippen LogP contribution in [0.1, 0.15) is 0 Å². The van der Waals surface area contributed by atoms with Gasteiger partial charge in [-0.2, -0.15) is 74.6 Å². The molecule has 0 aromatic heterocycles. The minimum Gasteiger partial charge on any atom is -0.382 e. The maximum atomic E-state index is 13.5. The molecule has 0 aliphatic rings. The number of halogens is 18. The van der Waals surface area contributed by atoms with Gasteiger partial charge in [0, 0.05) is 0 Å². The number of aliphatic hydroxyl groups is 1. The van der Waals surface area contributed by atoms with E-state index in [2.05, 4.69) is 14.2 Å². The van der Waals surface area contributed by atoms with E-state index in [1.165, 1.54) is 0 Å². The Morgan fingerprint density at radius 3 is 1.36 bits per heavy atom. The molecule has 0 saturated carbocycles. The Bertz CT molecular complexity index is 637. The highest BCUT2D eigenvalue weighted by Gasteiger charge is 2.83. The van der Waals surface area contributed by atoms with Crippen LogP contribution in [-0.4, -0.2) is 73.1 Å². The SMILES string of the molecule is O[C@@H](COC(OC(F)(F)C(F)(F)C(F)(F)C(F)(F)F)C(F)(F)OC(F)C(F)(F)F)C(F)(F)F. The highest BCUT2D eigenvalue weighted by Crippen LogP contribution is 2.54. The normalized spacial score (nSPS) is 18.3. The molecule has 0 rings (SSSR count). The largest absolute Gasteiger partial charge is 0.460 e. The first-order chi connectivity index (χ1) is 14.1. The molecule has 0 fully saturated rings. The molecule has 0 aromatic rings. The van der Waals surface area contributed by atoms with Gasteiger partial charge < -0.3 is 9.84 Å². The average Bonchev–Trinajstić information content (AvgIpc) is 2.54. The summed E-state index contributed by atoms with van der Waals surface area (Å²) in [4.78, 5) is 0. The molecule has 0 aliphatic heterocycles. The molecule has 33 heavy (non-hydrogen) atoms. The van der Waals surface area contributed by atoms with Crippen LogP contribution in [0.15, 0.2) is 0 Å². The monoisotopic (exact) mass is 544 g/mol. The van der Waals surface area contributed by atoms with Gasteiger partial charge in [0.15, 0.2) is 6.10 Å². The van der Waals surface area contributed by atoms with Gasteiger partial charge in [0.25, 0.3) is 12.6 Å². The first kappa shape index (κ1) is 31.6. The second-order valence-electron chi connectivity index (χ2n) is 5.54. The molecule has 0 spiro atoms. The number of hydrogen-bond donors (Lipinski definition) is 1. The smallest absolute Gasteiger partial charge is 0.382 e. The third-order valence-corrected chi connectivity index (χ3v) is 2.95. The Labute approximate surface area is 168 Å². The Morgan fingerprint density at radius 1 is 0.606 bits per heavy atom. The summed E-state index contributed by atoms with van der Waals surface area (Å²) in [6.07, 6.45) is -48.3. The highest BCUT2D eigenvalue weighted by molar-refractivity contribution is 4.97. The van der Waals surface area contributed by atoms with Crippen LogP contribution in [0.25, 0.3) is 0 Å². The molecule has 1 N–H and O–H groups in total. The molecule has 0 saturated heterocycles. The molecule has 0 aliphatic carbocycles. The van der Waals surface area contributed by atoms with Gasteiger partial charge in [0.05, 0.1) is 6.61 Å². The molecular formula is C11H6F18O4. The molecule has 22 heteroatoms. The summed E-state index contributed by atoms with van der Waals surface area (Å²) in [5, 5.41) is 8.46. The number of ether oxygens (including phenoxy) is 3. The lowest BCUT2D eigenvalue weighted by Crippen LogP contribution is -2.63. The van der Waals surface area contributed by atoms with Crippen molar-refractivity contribution in [3.63, 3.8) is 0 Å². The number of alkyl halides is 18. The van der Waals surface area contributed by atoms with Crippen molar-refractivity contribution in [3.8, 4) is 0 Å². The van der Waals surface area contributed by atoms with Gasteiger partial charge in [-0.1, -0.05) is 0 Å². The van der Waals surface area contributed by atoms with E-state index in [1.54, 1.807) is 0 Å². The number of aliphatic hydroxyl groups excluding tert-OH is 1. The van der Waals surface area contributed by atoms with Crippen LogP contribution in [0.2, 0.25) is 0 Å². The van der Waals surface area contributed by atoms with E-state index in [0.717, 1.165) is 0 Å². The fourth-order valence-corrected chi connectivity index (χ4v) is 1.30. The summed E-state index contributed by atoms with van der Waals surface area (Å²) in [7, 11) is 0. The van der Waals surface area contributed by atoms with E-state index in [1.807, 2.05) is 0 Å². The van der Waals surface area contributed by atoms with E-state index < -0.39 is 67.9 Å². The van der Waals surface area contributed by atoms with E-state index in [0.29, 0.717) is 0 Å². The minimum atomic E-state index is -7.86. The first-order valence-corrected chi connectivity index (χ1v) is 7.12. The standard InChI is InChI=1S/C11H6F18O4/c12-3(6(16,17)18)32-7(19,20)4(31-1-2(30)5(13,14)15)33-11(28,29)9(23,24)8(21,22)10(25,26)27/h2-4,30H,1H2/t2-,3?,4?/m0/s1. The lowest BCUT2D eigenvalue weighted by atomic mass is 10.1. The van der Waals surface area contributed by atoms with Crippen molar-refractivity contribution in [1.29, 1.82) is 0 Å². The summed E-state index contributed by atoms with van der Waals surface area (Å²) in [5.74, 6) is -15.7. The van der Waals surface area contributed by atoms with Gasteiger partial charge in [-0.15, -0.1) is 0 Å². The molecule has 200 valence electrons. The summed E-state index contributed by atoms with van der Waals surface area (Å²) < 4.78 is 233. The van der Waals surface area contributed by atoms with Crippen LogP contribution in [0, 0.1) is 0 Å². The average molecular weight is 544 g/mol. The van der Waals surface area contributed by atoms with Gasteiger partial charge >= 0.3 is 42.6 Å². The highest BCUT2D eigenvalue weighted by atomic mass is 19.4. The van der Waals surface area contributed by atoms with Crippen molar-refractivity contribution in [1.82, 2.24) is 0 Å². The molecule has 0 aromatic carbocycles. The summed E-state index contributed by atoms with van der Waals surface area (Å²) in [6, 6.07) is 0. The zero-order valence-corrected chi connectivity index (χ0v) is 14.4. The Balaban J connectivity index is 6.18. The molecular weight excluding hydrogens is 538 g/mol. The van der Waals surface area contributed by atoms with E-state index in [9.17, 15) is 79.0 Å². The molecule has 0 bridgehead atoms. The Kier molecular flexibility index (Phi) is 8.92.